The number of allylic oxidation sites excluding steroid dienone is 1. The van der Waals surface area contributed by atoms with Crippen LogP contribution in [-0.2, 0) is 0 Å². The number of para-hydroxylation sites is 1. The molecule has 0 radical (unpaired) electrons. The van der Waals surface area contributed by atoms with Gasteiger partial charge < -0.3 is 9.80 Å². The van der Waals surface area contributed by atoms with E-state index in [1.165, 1.54) is 61.7 Å². The van der Waals surface area contributed by atoms with Crippen LogP contribution in [0.3, 0.4) is 0 Å². The summed E-state index contributed by atoms with van der Waals surface area (Å²) in [5.74, 6) is 0. The van der Waals surface area contributed by atoms with Gasteiger partial charge in [-0.3, -0.25) is 0 Å². The summed E-state index contributed by atoms with van der Waals surface area (Å²) in [6, 6.07) is 35.9. The first-order valence-corrected chi connectivity index (χ1v) is 14.7. The van der Waals surface area contributed by atoms with E-state index in [1.807, 2.05) is 0 Å². The van der Waals surface area contributed by atoms with E-state index in [9.17, 15) is 0 Å². The fourth-order valence-electron chi connectivity index (χ4n) is 6.16. The largest absolute Gasteiger partial charge is 0.372 e. The third-order valence-corrected chi connectivity index (χ3v) is 8.30. The lowest BCUT2D eigenvalue weighted by molar-refractivity contribution is -0.400. The van der Waals surface area contributed by atoms with E-state index >= 15 is 0 Å². The summed E-state index contributed by atoms with van der Waals surface area (Å²) >= 11 is 0. The predicted octanol–water partition coefficient (Wildman–Crippen LogP) is 8.42. The molecule has 0 unspecified atom stereocenters. The van der Waals surface area contributed by atoms with Crippen LogP contribution in [0.15, 0.2) is 97.1 Å². The number of hydrogen-bond acceptors (Lipinski definition) is 2. The third kappa shape index (κ3) is 4.97. The van der Waals surface area contributed by atoms with Gasteiger partial charge in [-0.2, -0.15) is 4.58 Å². The van der Waals surface area contributed by atoms with Gasteiger partial charge in [-0.05, 0) is 93.8 Å². The van der Waals surface area contributed by atoms with Gasteiger partial charge in [-0.1, -0.05) is 48.5 Å². The van der Waals surface area contributed by atoms with Crippen molar-refractivity contribution in [3.63, 3.8) is 0 Å². The molecule has 0 bridgehead atoms. The minimum Gasteiger partial charge on any atom is -0.372 e. The van der Waals surface area contributed by atoms with E-state index in [0.29, 0.717) is 0 Å². The van der Waals surface area contributed by atoms with Crippen molar-refractivity contribution in [2.24, 2.45) is 0 Å². The molecule has 3 heteroatoms. The first-order chi connectivity index (χ1) is 19.5. The lowest BCUT2D eigenvalue weighted by atomic mass is 9.84. The third-order valence-electron chi connectivity index (χ3n) is 8.30. The molecule has 0 saturated heterocycles. The van der Waals surface area contributed by atoms with Crippen LogP contribution in [0, 0.1) is 6.92 Å². The summed E-state index contributed by atoms with van der Waals surface area (Å²) in [5, 5.41) is 0. The monoisotopic (exact) mass is 528 g/mol. The maximum Gasteiger partial charge on any atom is 0.221 e. The second-order valence-corrected chi connectivity index (χ2v) is 10.4. The van der Waals surface area contributed by atoms with Crippen LogP contribution >= 0.6 is 0 Å². The van der Waals surface area contributed by atoms with E-state index in [0.717, 1.165) is 26.2 Å². The highest BCUT2D eigenvalue weighted by molar-refractivity contribution is 6.38. The molecule has 3 nitrogen and oxygen atoms in total. The number of hydrogen-bond donors (Lipinski definition) is 0. The Labute approximate surface area is 240 Å². The summed E-state index contributed by atoms with van der Waals surface area (Å²) in [6.45, 7) is 15.2. The molecule has 5 rings (SSSR count). The molecule has 0 aromatic heterocycles. The Balaban J connectivity index is 1.82. The van der Waals surface area contributed by atoms with Gasteiger partial charge in [-0.25, -0.2) is 0 Å². The summed E-state index contributed by atoms with van der Waals surface area (Å²) in [4.78, 5) is 4.82. The zero-order valence-corrected chi connectivity index (χ0v) is 24.9. The van der Waals surface area contributed by atoms with Crippen molar-refractivity contribution in [1.29, 1.82) is 0 Å². The van der Waals surface area contributed by atoms with Crippen molar-refractivity contribution in [2.75, 3.05) is 43.0 Å². The van der Waals surface area contributed by atoms with Crippen LogP contribution in [0.1, 0.15) is 55.5 Å². The SMILES string of the molecule is CCN(CC)c1ccc(C(=C2C(c3ccccc3)=[N+](C)c3ccccc32)c2ccc(N(CC)CC)cc2C)cc1. The maximum absolute atomic E-state index is 2.42. The molecule has 0 aliphatic carbocycles. The van der Waals surface area contributed by atoms with Crippen LogP contribution in [0.2, 0.25) is 0 Å². The summed E-state index contributed by atoms with van der Waals surface area (Å²) in [6.07, 6.45) is 0. The molecular weight excluding hydrogens is 486 g/mol. The second-order valence-electron chi connectivity index (χ2n) is 10.4. The zero-order valence-electron chi connectivity index (χ0n) is 24.9. The molecule has 0 spiro atoms. The number of benzene rings is 4. The molecule has 40 heavy (non-hydrogen) atoms. The minimum absolute atomic E-state index is 1.000. The van der Waals surface area contributed by atoms with Crippen LogP contribution in [0.25, 0.3) is 11.1 Å². The van der Waals surface area contributed by atoms with Gasteiger partial charge >= 0.3 is 0 Å². The molecule has 0 atom stereocenters. The van der Waals surface area contributed by atoms with Gasteiger partial charge in [0.05, 0.1) is 11.1 Å². The van der Waals surface area contributed by atoms with E-state index in [-0.39, 0.29) is 0 Å². The summed E-state index contributed by atoms with van der Waals surface area (Å²) in [5.41, 5.74) is 13.9. The Morgan fingerprint density at radius 3 is 1.85 bits per heavy atom. The van der Waals surface area contributed by atoms with E-state index < -0.39 is 0 Å². The second kappa shape index (κ2) is 12.0. The molecular formula is C37H42N3+. The molecule has 1 aliphatic heterocycles. The molecule has 0 saturated carbocycles. The fourth-order valence-corrected chi connectivity index (χ4v) is 6.16. The average molecular weight is 529 g/mol. The highest BCUT2D eigenvalue weighted by Crippen LogP contribution is 2.44. The number of nitrogens with zero attached hydrogens (tertiary/aromatic N) is 3. The first-order valence-electron chi connectivity index (χ1n) is 14.7. The number of aryl methyl sites for hydroxylation is 1. The predicted molar refractivity (Wildman–Crippen MR) is 173 cm³/mol. The standard InChI is InChI=1S/C37H42N3/c1-7-39(8-2)30-22-20-28(21-23-30)35(32-25-24-31(26-27(32)5)40(9-3)10-4)36-33-18-14-15-19-34(33)38(6)37(36)29-16-12-11-13-17-29/h11-26H,7-10H2,1-6H3/q+1. The van der Waals surface area contributed by atoms with Crippen LogP contribution in [0.4, 0.5) is 17.1 Å². The molecule has 0 amide bonds. The number of rotatable bonds is 9. The molecule has 0 fully saturated rings. The normalized spacial score (nSPS) is 13.8. The lowest BCUT2D eigenvalue weighted by Crippen LogP contribution is -2.22. The van der Waals surface area contributed by atoms with Gasteiger partial charge in [0.2, 0.25) is 11.4 Å². The molecule has 0 N–H and O–H groups in total. The van der Waals surface area contributed by atoms with E-state index in [4.69, 9.17) is 0 Å². The Hall–Kier alpha value is -4.11. The van der Waals surface area contributed by atoms with Gasteiger partial charge in [0.1, 0.15) is 7.05 Å². The smallest absolute Gasteiger partial charge is 0.221 e. The van der Waals surface area contributed by atoms with Gasteiger partial charge in [0, 0.05) is 54.8 Å². The van der Waals surface area contributed by atoms with E-state index in [1.54, 1.807) is 0 Å². The van der Waals surface area contributed by atoms with Gasteiger partial charge in [-0.15, -0.1) is 0 Å². The zero-order chi connectivity index (χ0) is 28.2. The Bertz CT molecular complexity index is 1540. The topological polar surface area (TPSA) is 9.49 Å². The average Bonchev–Trinajstić information content (AvgIpc) is 3.28. The first kappa shape index (κ1) is 27.5. The molecule has 1 aliphatic rings. The molecule has 4 aromatic carbocycles. The van der Waals surface area contributed by atoms with Crippen molar-refractivity contribution in [1.82, 2.24) is 0 Å². The summed E-state index contributed by atoms with van der Waals surface area (Å²) < 4.78 is 2.36. The Morgan fingerprint density at radius 1 is 0.650 bits per heavy atom. The number of anilines is 2. The van der Waals surface area contributed by atoms with Crippen molar-refractivity contribution in [3.8, 4) is 0 Å². The van der Waals surface area contributed by atoms with Crippen molar-refractivity contribution in [2.45, 2.75) is 34.6 Å². The quantitative estimate of drug-likeness (QED) is 0.202. The minimum atomic E-state index is 1.000. The number of fused-ring (bicyclic) bond motifs is 1. The van der Waals surface area contributed by atoms with Crippen LogP contribution in [0.5, 0.6) is 0 Å². The van der Waals surface area contributed by atoms with Gasteiger partial charge in [0.25, 0.3) is 0 Å². The van der Waals surface area contributed by atoms with Crippen molar-refractivity contribution < 1.29 is 4.58 Å². The Kier molecular flexibility index (Phi) is 8.21. The van der Waals surface area contributed by atoms with Crippen LogP contribution < -0.4 is 9.80 Å². The lowest BCUT2D eigenvalue weighted by Gasteiger charge is -2.24. The van der Waals surface area contributed by atoms with Crippen LogP contribution in [-0.4, -0.2) is 43.5 Å². The Morgan fingerprint density at radius 2 is 1.23 bits per heavy atom. The van der Waals surface area contributed by atoms with Gasteiger partial charge in [0.15, 0.2) is 0 Å². The highest BCUT2D eigenvalue weighted by atomic mass is 15.1. The van der Waals surface area contributed by atoms with E-state index in [2.05, 4.69) is 153 Å². The maximum atomic E-state index is 2.42. The highest BCUT2D eigenvalue weighted by Gasteiger charge is 2.36. The molecule has 4 aromatic rings. The van der Waals surface area contributed by atoms with Crippen molar-refractivity contribution >= 4 is 33.9 Å². The summed E-state index contributed by atoms with van der Waals surface area (Å²) in [7, 11) is 2.20. The van der Waals surface area contributed by atoms with Crippen molar-refractivity contribution in [3.05, 3.63) is 125 Å². The molecule has 1 heterocycles. The fraction of sp³-hybridized carbons (Fsp3) is 0.270. The molecule has 204 valence electrons.